The molecule has 0 amide bonds. The van der Waals surface area contributed by atoms with Crippen LogP contribution < -0.4 is 5.56 Å². The van der Waals surface area contributed by atoms with Crippen molar-refractivity contribution >= 4 is 16.3 Å². The molecule has 3 aromatic rings. The first-order valence-corrected chi connectivity index (χ1v) is 7.78. The van der Waals surface area contributed by atoms with Crippen molar-refractivity contribution in [3.8, 4) is 11.1 Å². The second-order valence-electron chi connectivity index (χ2n) is 5.45. The zero-order valence-electron chi connectivity index (χ0n) is 12.9. The third-order valence-electron chi connectivity index (χ3n) is 3.47. The summed E-state index contributed by atoms with van der Waals surface area (Å²) in [5.41, 5.74) is -5.01. The molecule has 3 rings (SSSR count). The van der Waals surface area contributed by atoms with Crippen molar-refractivity contribution in [3.05, 3.63) is 39.8 Å². The average Bonchev–Trinajstić information content (AvgIpc) is 3.10. The Kier molecular flexibility index (Phi) is 4.48. The van der Waals surface area contributed by atoms with Crippen LogP contribution in [-0.2, 0) is 12.7 Å². The van der Waals surface area contributed by atoms with Gasteiger partial charge in [-0.25, -0.2) is 4.98 Å². The van der Waals surface area contributed by atoms with Crippen LogP contribution in [0.25, 0.3) is 16.1 Å². The number of thiazole rings is 1. The fraction of sp³-hybridized carbons (Fsp3) is 0.308. The van der Waals surface area contributed by atoms with Gasteiger partial charge in [0.25, 0.3) is 5.56 Å². The number of nitrogens with zero attached hydrogens (tertiary/aromatic N) is 4. The van der Waals surface area contributed by atoms with Crippen molar-refractivity contribution in [1.29, 1.82) is 0 Å². The van der Waals surface area contributed by atoms with Crippen molar-refractivity contribution in [3.63, 3.8) is 0 Å². The van der Waals surface area contributed by atoms with Crippen LogP contribution in [0.15, 0.2) is 23.4 Å². The van der Waals surface area contributed by atoms with E-state index in [1.165, 1.54) is 0 Å². The summed E-state index contributed by atoms with van der Waals surface area (Å²) in [6.07, 6.45) is -9.61. The van der Waals surface area contributed by atoms with Crippen molar-refractivity contribution in [2.24, 2.45) is 0 Å². The summed E-state index contributed by atoms with van der Waals surface area (Å²) in [4.78, 5) is 14.9. The van der Waals surface area contributed by atoms with Crippen LogP contribution in [0.3, 0.4) is 0 Å². The lowest BCUT2D eigenvalue weighted by Gasteiger charge is -2.19. The van der Waals surface area contributed by atoms with E-state index in [4.69, 9.17) is 0 Å². The summed E-state index contributed by atoms with van der Waals surface area (Å²) in [5, 5.41) is 2.14. The highest BCUT2D eigenvalue weighted by atomic mass is 32.1. The van der Waals surface area contributed by atoms with E-state index < -0.39 is 57.3 Å². The van der Waals surface area contributed by atoms with Gasteiger partial charge in [-0.1, -0.05) is 11.3 Å². The summed E-state index contributed by atoms with van der Waals surface area (Å²) in [6, 6.07) is 0. The Balaban J connectivity index is 2.15. The molecule has 0 N–H and O–H groups in total. The van der Waals surface area contributed by atoms with Crippen molar-refractivity contribution < 1.29 is 39.5 Å². The van der Waals surface area contributed by atoms with E-state index in [1.807, 2.05) is 0 Å². The Morgan fingerprint density at radius 2 is 1.68 bits per heavy atom. The molecule has 3 aromatic heterocycles. The van der Waals surface area contributed by atoms with Gasteiger partial charge in [-0.3, -0.25) is 13.9 Å². The number of hydrogen-bond donors (Lipinski definition) is 0. The fourth-order valence-electron chi connectivity index (χ4n) is 2.25. The molecule has 0 spiro atoms. The standard InChI is InChI=1S/C13H5F9N4OS/c14-6-3-26-9(27)7(8(12(17,18)19)24-10(26)28-6)5-1-23-25(2-5)4-11(15,16)13(20,21)22/h1-3H,4H2. The van der Waals surface area contributed by atoms with Crippen LogP contribution in [-0.4, -0.2) is 31.3 Å². The van der Waals surface area contributed by atoms with E-state index >= 15 is 0 Å². The highest BCUT2D eigenvalue weighted by Crippen LogP contribution is 2.38. The van der Waals surface area contributed by atoms with Gasteiger partial charge in [0, 0.05) is 11.8 Å². The molecule has 0 radical (unpaired) electrons. The first kappa shape index (κ1) is 20.2. The summed E-state index contributed by atoms with van der Waals surface area (Å²) in [6.45, 7) is -2.01. The second-order valence-corrected chi connectivity index (χ2v) is 6.41. The molecular weight excluding hydrogens is 431 g/mol. The highest BCUT2D eigenvalue weighted by Gasteiger charge is 2.57. The first-order chi connectivity index (χ1) is 12.7. The number of fused-ring (bicyclic) bond motifs is 1. The Bertz CT molecular complexity index is 1090. The van der Waals surface area contributed by atoms with Gasteiger partial charge in [-0.15, -0.1) is 0 Å². The minimum absolute atomic E-state index is 0.0471. The maximum Gasteiger partial charge on any atom is 0.455 e. The highest BCUT2D eigenvalue weighted by molar-refractivity contribution is 7.15. The zero-order chi connectivity index (χ0) is 21.1. The lowest BCUT2D eigenvalue weighted by molar-refractivity contribution is -0.287. The lowest BCUT2D eigenvalue weighted by atomic mass is 10.1. The van der Waals surface area contributed by atoms with Gasteiger partial charge in [-0.05, 0) is 0 Å². The molecule has 0 aliphatic rings. The van der Waals surface area contributed by atoms with Crippen LogP contribution in [0.4, 0.5) is 39.5 Å². The van der Waals surface area contributed by atoms with Crippen LogP contribution in [0, 0.1) is 5.13 Å². The van der Waals surface area contributed by atoms with Crippen LogP contribution in [0.5, 0.6) is 0 Å². The quantitative estimate of drug-likeness (QED) is 0.584. The molecule has 0 aliphatic heterocycles. The summed E-state index contributed by atoms with van der Waals surface area (Å²) >= 11 is 0.156. The minimum Gasteiger partial charge on any atom is -0.268 e. The van der Waals surface area contributed by atoms with Crippen LogP contribution in [0.2, 0.25) is 0 Å². The SMILES string of the molecule is O=c1c(-c2cnn(CC(F)(F)C(F)(F)F)c2)c(C(F)(F)F)nc2sc(F)cn12. The number of hydrogen-bond acceptors (Lipinski definition) is 4. The van der Waals surface area contributed by atoms with Gasteiger partial charge in [0.2, 0.25) is 0 Å². The molecular formula is C13H5F9N4OS. The third-order valence-corrected chi connectivity index (χ3v) is 4.24. The molecule has 0 aliphatic carbocycles. The monoisotopic (exact) mass is 436 g/mol. The van der Waals surface area contributed by atoms with Crippen LogP contribution in [0.1, 0.15) is 5.69 Å². The number of alkyl halides is 8. The van der Waals surface area contributed by atoms with E-state index in [0.29, 0.717) is 23.0 Å². The zero-order valence-corrected chi connectivity index (χ0v) is 13.8. The van der Waals surface area contributed by atoms with E-state index in [-0.39, 0.29) is 16.0 Å². The van der Waals surface area contributed by atoms with Crippen LogP contribution >= 0.6 is 11.3 Å². The van der Waals surface area contributed by atoms with Crippen molar-refractivity contribution in [2.45, 2.75) is 24.8 Å². The van der Waals surface area contributed by atoms with E-state index in [9.17, 15) is 44.3 Å². The molecule has 0 unspecified atom stereocenters. The van der Waals surface area contributed by atoms with E-state index in [2.05, 4.69) is 10.1 Å². The Morgan fingerprint density at radius 3 is 2.25 bits per heavy atom. The van der Waals surface area contributed by atoms with Gasteiger partial charge in [0.15, 0.2) is 15.8 Å². The third kappa shape index (κ3) is 3.45. The molecule has 0 saturated carbocycles. The van der Waals surface area contributed by atoms with Gasteiger partial charge in [0.1, 0.15) is 6.54 Å². The second kappa shape index (κ2) is 6.22. The Labute approximate surface area is 151 Å². The molecule has 0 fully saturated rings. The number of rotatable bonds is 3. The van der Waals surface area contributed by atoms with Gasteiger partial charge >= 0.3 is 18.3 Å². The molecule has 15 heteroatoms. The molecule has 0 atom stereocenters. The minimum atomic E-state index is -5.91. The number of aromatic nitrogens is 4. The Hall–Kier alpha value is -2.58. The van der Waals surface area contributed by atoms with E-state index in [1.54, 1.807) is 0 Å². The largest absolute Gasteiger partial charge is 0.455 e. The molecule has 28 heavy (non-hydrogen) atoms. The van der Waals surface area contributed by atoms with Gasteiger partial charge in [-0.2, -0.15) is 44.6 Å². The molecule has 0 saturated heterocycles. The summed E-state index contributed by atoms with van der Waals surface area (Å²) < 4.78 is 117. The predicted molar refractivity (Wildman–Crippen MR) is 76.5 cm³/mol. The fourth-order valence-corrected chi connectivity index (χ4v) is 2.96. The molecule has 5 nitrogen and oxygen atoms in total. The lowest BCUT2D eigenvalue weighted by Crippen LogP contribution is -2.40. The van der Waals surface area contributed by atoms with Crippen molar-refractivity contribution in [1.82, 2.24) is 19.2 Å². The van der Waals surface area contributed by atoms with Gasteiger partial charge < -0.3 is 0 Å². The summed E-state index contributed by atoms with van der Waals surface area (Å²) in [7, 11) is 0. The predicted octanol–water partition coefficient (Wildman–Crippen LogP) is 3.98. The summed E-state index contributed by atoms with van der Waals surface area (Å²) in [5.74, 6) is -5.21. The molecule has 152 valence electrons. The Morgan fingerprint density at radius 1 is 1.04 bits per heavy atom. The smallest absolute Gasteiger partial charge is 0.268 e. The van der Waals surface area contributed by atoms with Gasteiger partial charge in [0.05, 0.1) is 18.0 Å². The maximum absolute atomic E-state index is 13.3. The first-order valence-electron chi connectivity index (χ1n) is 6.97. The number of halogens is 9. The maximum atomic E-state index is 13.3. The molecule has 0 bridgehead atoms. The average molecular weight is 436 g/mol. The molecule has 3 heterocycles. The van der Waals surface area contributed by atoms with E-state index in [0.717, 1.165) is 0 Å². The normalized spacial score (nSPS) is 13.5. The van der Waals surface area contributed by atoms with Crippen molar-refractivity contribution in [2.75, 3.05) is 0 Å². The topological polar surface area (TPSA) is 52.2 Å². The molecule has 0 aromatic carbocycles.